The molecule has 0 aromatic rings. The Labute approximate surface area is 79.5 Å². The molecule has 1 heterocycles. The van der Waals surface area contributed by atoms with E-state index in [0.29, 0.717) is 0 Å². The molecule has 0 bridgehead atoms. The number of nitrogens with two attached hydrogens (primary N) is 1. The Balaban J connectivity index is 0.00000144. The fourth-order valence-electron chi connectivity index (χ4n) is 1.13. The van der Waals surface area contributed by atoms with E-state index in [1.807, 2.05) is 0 Å². The molecule has 0 saturated carbocycles. The van der Waals surface area contributed by atoms with Crippen molar-refractivity contribution in [3.05, 3.63) is 0 Å². The molecular formula is C6H10ClF3N2O. The molecular weight excluding hydrogens is 209 g/mol. The molecule has 1 amide bonds. The zero-order valence-electron chi connectivity index (χ0n) is 6.67. The number of hydrogen-bond acceptors (Lipinski definition) is 2. The van der Waals surface area contributed by atoms with Gasteiger partial charge in [-0.25, -0.2) is 0 Å². The second-order valence-electron chi connectivity index (χ2n) is 2.91. The van der Waals surface area contributed by atoms with Gasteiger partial charge in [0.15, 0.2) is 0 Å². The first-order valence-electron chi connectivity index (χ1n) is 3.47. The number of rotatable bonds is 2. The third-order valence-corrected chi connectivity index (χ3v) is 1.76. The number of alkyl halides is 3. The molecule has 1 rings (SSSR count). The first-order valence-corrected chi connectivity index (χ1v) is 3.47. The lowest BCUT2D eigenvalue weighted by atomic mass is 10.00. The Kier molecular flexibility index (Phi) is 3.99. The maximum atomic E-state index is 11.7. The highest BCUT2D eigenvalue weighted by molar-refractivity contribution is 5.85. The summed E-state index contributed by atoms with van der Waals surface area (Å²) < 4.78 is 35.1. The fraction of sp³-hybridized carbons (Fsp3) is 0.833. The predicted octanol–water partition coefficient (Wildman–Crippen LogP) is 0.388. The van der Waals surface area contributed by atoms with Crippen molar-refractivity contribution in [3.8, 4) is 0 Å². The van der Waals surface area contributed by atoms with Gasteiger partial charge in [-0.3, -0.25) is 9.69 Å². The van der Waals surface area contributed by atoms with E-state index in [9.17, 15) is 18.0 Å². The molecule has 0 aliphatic carbocycles. The van der Waals surface area contributed by atoms with Gasteiger partial charge in [0.25, 0.3) is 0 Å². The molecule has 78 valence electrons. The summed E-state index contributed by atoms with van der Waals surface area (Å²) in [6.07, 6.45) is -4.18. The Bertz CT molecular complexity index is 191. The normalized spacial score (nSPS) is 19.0. The summed E-state index contributed by atoms with van der Waals surface area (Å²) in [4.78, 5) is 11.6. The summed E-state index contributed by atoms with van der Waals surface area (Å²) >= 11 is 0. The van der Waals surface area contributed by atoms with E-state index >= 15 is 0 Å². The Hall–Kier alpha value is -0.490. The van der Waals surface area contributed by atoms with Crippen LogP contribution >= 0.6 is 12.4 Å². The van der Waals surface area contributed by atoms with Gasteiger partial charge in [0.1, 0.15) is 0 Å². The minimum atomic E-state index is -4.18. The van der Waals surface area contributed by atoms with Crippen molar-refractivity contribution in [2.24, 2.45) is 11.7 Å². The lowest BCUT2D eigenvalue weighted by Gasteiger charge is -2.37. The van der Waals surface area contributed by atoms with Crippen LogP contribution in [-0.2, 0) is 4.79 Å². The number of carbonyl (C=O) groups excluding carboxylic acids is 1. The van der Waals surface area contributed by atoms with Gasteiger partial charge in [-0.05, 0) is 0 Å². The highest BCUT2D eigenvalue weighted by Crippen LogP contribution is 2.22. The van der Waals surface area contributed by atoms with Crippen LogP contribution < -0.4 is 5.73 Å². The topological polar surface area (TPSA) is 46.3 Å². The smallest absolute Gasteiger partial charge is 0.369 e. The Morgan fingerprint density at radius 2 is 1.92 bits per heavy atom. The second-order valence-corrected chi connectivity index (χ2v) is 2.91. The van der Waals surface area contributed by atoms with Crippen LogP contribution in [0.5, 0.6) is 0 Å². The average molecular weight is 219 g/mol. The zero-order valence-corrected chi connectivity index (χ0v) is 7.49. The standard InChI is InChI=1S/C6H9F3N2O.ClH/c7-6(8,9)3-11-1-4(2-11)5(10)12;/h4H,1-3H2,(H2,10,12);1H. The molecule has 1 aliphatic heterocycles. The number of nitrogens with zero attached hydrogens (tertiary/aromatic N) is 1. The molecule has 0 atom stereocenters. The molecule has 1 saturated heterocycles. The minimum absolute atomic E-state index is 0. The lowest BCUT2D eigenvalue weighted by Crippen LogP contribution is -2.54. The van der Waals surface area contributed by atoms with Crippen molar-refractivity contribution in [1.29, 1.82) is 0 Å². The van der Waals surface area contributed by atoms with Crippen LogP contribution in [0.3, 0.4) is 0 Å². The SMILES string of the molecule is Cl.NC(=O)C1CN(CC(F)(F)F)C1. The summed E-state index contributed by atoms with van der Waals surface area (Å²) in [6, 6.07) is 0. The number of amides is 1. The fourth-order valence-corrected chi connectivity index (χ4v) is 1.13. The molecule has 0 radical (unpaired) electrons. The predicted molar refractivity (Wildman–Crippen MR) is 42.4 cm³/mol. The largest absolute Gasteiger partial charge is 0.401 e. The van der Waals surface area contributed by atoms with E-state index in [4.69, 9.17) is 5.73 Å². The average Bonchev–Trinajstić information content (AvgIpc) is 1.74. The third kappa shape index (κ3) is 3.82. The molecule has 1 fully saturated rings. The van der Waals surface area contributed by atoms with Crippen LogP contribution in [0.15, 0.2) is 0 Å². The summed E-state index contributed by atoms with van der Waals surface area (Å²) in [7, 11) is 0. The molecule has 7 heteroatoms. The molecule has 0 unspecified atom stereocenters. The van der Waals surface area contributed by atoms with E-state index in [0.717, 1.165) is 4.90 Å². The summed E-state index contributed by atoms with van der Waals surface area (Å²) in [5, 5.41) is 0. The van der Waals surface area contributed by atoms with Gasteiger partial charge >= 0.3 is 6.18 Å². The van der Waals surface area contributed by atoms with E-state index in [-0.39, 0.29) is 25.5 Å². The minimum Gasteiger partial charge on any atom is -0.369 e. The van der Waals surface area contributed by atoms with Gasteiger partial charge in [-0.1, -0.05) is 0 Å². The van der Waals surface area contributed by atoms with E-state index in [1.165, 1.54) is 0 Å². The molecule has 13 heavy (non-hydrogen) atoms. The first kappa shape index (κ1) is 12.5. The summed E-state index contributed by atoms with van der Waals surface area (Å²) in [5.74, 6) is -0.916. The molecule has 2 N–H and O–H groups in total. The monoisotopic (exact) mass is 218 g/mol. The number of carbonyl (C=O) groups is 1. The van der Waals surface area contributed by atoms with Gasteiger partial charge in [0.05, 0.1) is 12.5 Å². The highest BCUT2D eigenvalue weighted by atomic mass is 35.5. The van der Waals surface area contributed by atoms with Crippen molar-refractivity contribution in [1.82, 2.24) is 4.90 Å². The molecule has 1 aliphatic rings. The summed E-state index contributed by atoms with van der Waals surface area (Å²) in [6.45, 7) is -0.680. The van der Waals surface area contributed by atoms with Gasteiger partial charge < -0.3 is 5.73 Å². The van der Waals surface area contributed by atoms with Crippen LogP contribution in [0.4, 0.5) is 13.2 Å². The van der Waals surface area contributed by atoms with Crippen molar-refractivity contribution < 1.29 is 18.0 Å². The van der Waals surface area contributed by atoms with E-state index in [1.54, 1.807) is 0 Å². The van der Waals surface area contributed by atoms with Crippen molar-refractivity contribution >= 4 is 18.3 Å². The molecule has 3 nitrogen and oxygen atoms in total. The Morgan fingerprint density at radius 3 is 2.23 bits per heavy atom. The van der Waals surface area contributed by atoms with Gasteiger partial charge in [-0.2, -0.15) is 13.2 Å². The maximum absolute atomic E-state index is 11.7. The van der Waals surface area contributed by atoms with Crippen molar-refractivity contribution in [2.45, 2.75) is 6.18 Å². The highest BCUT2D eigenvalue weighted by Gasteiger charge is 2.38. The van der Waals surface area contributed by atoms with Crippen LogP contribution in [0.1, 0.15) is 0 Å². The number of hydrogen-bond donors (Lipinski definition) is 1. The first-order chi connectivity index (χ1) is 5.38. The second kappa shape index (κ2) is 4.15. The molecule has 0 aromatic carbocycles. The maximum Gasteiger partial charge on any atom is 0.401 e. The number of primary amides is 1. The Morgan fingerprint density at radius 1 is 1.46 bits per heavy atom. The zero-order chi connectivity index (χ0) is 9.35. The van der Waals surface area contributed by atoms with Crippen LogP contribution in [0.25, 0.3) is 0 Å². The van der Waals surface area contributed by atoms with E-state index < -0.39 is 24.5 Å². The van der Waals surface area contributed by atoms with Crippen LogP contribution in [-0.4, -0.2) is 36.6 Å². The third-order valence-electron chi connectivity index (χ3n) is 1.76. The summed E-state index contributed by atoms with van der Waals surface area (Å²) in [5.41, 5.74) is 4.88. The van der Waals surface area contributed by atoms with Crippen LogP contribution in [0.2, 0.25) is 0 Å². The lowest BCUT2D eigenvalue weighted by molar-refractivity contribution is -0.162. The number of likely N-dealkylation sites (tertiary alicyclic amines) is 1. The van der Waals surface area contributed by atoms with Crippen molar-refractivity contribution in [3.63, 3.8) is 0 Å². The van der Waals surface area contributed by atoms with Crippen molar-refractivity contribution in [2.75, 3.05) is 19.6 Å². The van der Waals surface area contributed by atoms with Gasteiger partial charge in [0.2, 0.25) is 5.91 Å². The van der Waals surface area contributed by atoms with Gasteiger partial charge in [-0.15, -0.1) is 12.4 Å². The van der Waals surface area contributed by atoms with Gasteiger partial charge in [0, 0.05) is 13.1 Å². The molecule has 0 aromatic heterocycles. The number of halogens is 4. The van der Waals surface area contributed by atoms with Crippen LogP contribution in [0, 0.1) is 5.92 Å². The molecule has 0 spiro atoms. The quantitative estimate of drug-likeness (QED) is 0.729. The van der Waals surface area contributed by atoms with E-state index in [2.05, 4.69) is 0 Å².